The molecule has 0 heterocycles. The fraction of sp³-hybridized carbons (Fsp3) is 0.455. The lowest BCUT2D eigenvalue weighted by molar-refractivity contribution is 0.145. The number of hydrogen-bond donors (Lipinski definition) is 1. The highest BCUT2D eigenvalue weighted by molar-refractivity contribution is 6.30. The largest absolute Gasteiger partial charge is 0.491 e. The number of rotatable bonds is 5. The summed E-state index contributed by atoms with van der Waals surface area (Å²) in [6, 6.07) is 5.35. The van der Waals surface area contributed by atoms with Gasteiger partial charge < -0.3 is 15.2 Å². The Bertz CT molecular complexity index is 315. The van der Waals surface area contributed by atoms with Gasteiger partial charge in [-0.15, -0.1) is 0 Å². The van der Waals surface area contributed by atoms with Crippen LogP contribution in [0.5, 0.6) is 5.75 Å². The van der Waals surface area contributed by atoms with Crippen LogP contribution in [0.25, 0.3) is 0 Å². The van der Waals surface area contributed by atoms with E-state index in [1.165, 1.54) is 0 Å². The molecular formula is C11H16ClNO2. The predicted molar refractivity (Wildman–Crippen MR) is 61.4 cm³/mol. The zero-order valence-corrected chi connectivity index (χ0v) is 9.75. The lowest BCUT2D eigenvalue weighted by atomic mass is 10.1. The first-order chi connectivity index (χ1) is 7.15. The van der Waals surface area contributed by atoms with Crippen LogP contribution in [0, 0.1) is 0 Å². The van der Waals surface area contributed by atoms with E-state index in [9.17, 15) is 0 Å². The van der Waals surface area contributed by atoms with E-state index in [4.69, 9.17) is 26.8 Å². The Morgan fingerprint density at radius 2 is 2.13 bits per heavy atom. The fourth-order valence-electron chi connectivity index (χ4n) is 1.24. The second kappa shape index (κ2) is 5.95. The van der Waals surface area contributed by atoms with Crippen molar-refractivity contribution >= 4 is 11.6 Å². The van der Waals surface area contributed by atoms with E-state index in [1.807, 2.05) is 19.1 Å². The highest BCUT2D eigenvalue weighted by Crippen LogP contribution is 2.27. The summed E-state index contributed by atoms with van der Waals surface area (Å²) in [7, 11) is 1.64. The molecule has 4 heteroatoms. The zero-order valence-electron chi connectivity index (χ0n) is 9.00. The normalized spacial score (nSPS) is 12.5. The lowest BCUT2D eigenvalue weighted by Crippen LogP contribution is -2.10. The molecule has 0 fully saturated rings. The maximum absolute atomic E-state index is 5.89. The molecule has 0 aliphatic rings. The van der Waals surface area contributed by atoms with Gasteiger partial charge in [0.15, 0.2) is 0 Å². The highest BCUT2D eigenvalue weighted by atomic mass is 35.5. The third-order valence-electron chi connectivity index (χ3n) is 2.01. The summed E-state index contributed by atoms with van der Waals surface area (Å²) < 4.78 is 10.4. The van der Waals surface area contributed by atoms with Gasteiger partial charge in [0.2, 0.25) is 0 Å². The summed E-state index contributed by atoms with van der Waals surface area (Å²) in [5, 5.41) is 0.668. The number of ether oxygens (including phenoxy) is 2. The number of halogens is 1. The van der Waals surface area contributed by atoms with Crippen LogP contribution >= 0.6 is 11.6 Å². The van der Waals surface area contributed by atoms with Crippen molar-refractivity contribution in [1.29, 1.82) is 0 Å². The molecule has 2 N–H and O–H groups in total. The molecule has 1 aromatic carbocycles. The fourth-order valence-corrected chi connectivity index (χ4v) is 1.42. The molecule has 0 saturated heterocycles. The van der Waals surface area contributed by atoms with Crippen LogP contribution in [0.3, 0.4) is 0 Å². The molecule has 0 bridgehead atoms. The number of hydrogen-bond acceptors (Lipinski definition) is 3. The summed E-state index contributed by atoms with van der Waals surface area (Å²) in [5.74, 6) is 0.770. The molecule has 0 aliphatic carbocycles. The third kappa shape index (κ3) is 3.70. The van der Waals surface area contributed by atoms with Crippen molar-refractivity contribution in [2.75, 3.05) is 20.3 Å². The first-order valence-electron chi connectivity index (χ1n) is 4.82. The molecule has 0 aliphatic heterocycles. The summed E-state index contributed by atoms with van der Waals surface area (Å²) in [5.41, 5.74) is 6.73. The first-order valence-corrected chi connectivity index (χ1v) is 5.19. The van der Waals surface area contributed by atoms with Crippen molar-refractivity contribution in [2.45, 2.75) is 13.0 Å². The Labute approximate surface area is 95.1 Å². The van der Waals surface area contributed by atoms with E-state index in [-0.39, 0.29) is 6.04 Å². The molecule has 3 nitrogen and oxygen atoms in total. The molecule has 0 radical (unpaired) electrons. The van der Waals surface area contributed by atoms with Crippen molar-refractivity contribution in [2.24, 2.45) is 5.73 Å². The van der Waals surface area contributed by atoms with Crippen LogP contribution in [-0.2, 0) is 4.74 Å². The Morgan fingerprint density at radius 3 is 2.73 bits per heavy atom. The van der Waals surface area contributed by atoms with E-state index in [2.05, 4.69) is 0 Å². The van der Waals surface area contributed by atoms with Gasteiger partial charge in [-0.1, -0.05) is 11.6 Å². The van der Waals surface area contributed by atoms with E-state index in [1.54, 1.807) is 13.2 Å². The maximum Gasteiger partial charge on any atom is 0.124 e. The van der Waals surface area contributed by atoms with Crippen LogP contribution in [0.2, 0.25) is 5.02 Å². The number of benzene rings is 1. The molecule has 1 rings (SSSR count). The average Bonchev–Trinajstić information content (AvgIpc) is 2.20. The summed E-state index contributed by atoms with van der Waals surface area (Å²) in [4.78, 5) is 0. The van der Waals surface area contributed by atoms with Gasteiger partial charge in [-0.2, -0.15) is 0 Å². The molecule has 0 spiro atoms. The Hall–Kier alpha value is -0.770. The quantitative estimate of drug-likeness (QED) is 0.789. The topological polar surface area (TPSA) is 44.5 Å². The minimum Gasteiger partial charge on any atom is -0.491 e. The minimum absolute atomic E-state index is 0.0961. The molecule has 84 valence electrons. The number of nitrogens with two attached hydrogens (primary N) is 1. The van der Waals surface area contributed by atoms with Gasteiger partial charge in [-0.3, -0.25) is 0 Å². The van der Waals surface area contributed by atoms with Crippen LogP contribution in [0.4, 0.5) is 0 Å². The van der Waals surface area contributed by atoms with Crippen molar-refractivity contribution < 1.29 is 9.47 Å². The van der Waals surface area contributed by atoms with E-state index in [0.717, 1.165) is 11.3 Å². The van der Waals surface area contributed by atoms with Gasteiger partial charge in [0.25, 0.3) is 0 Å². The minimum atomic E-state index is -0.0961. The standard InChI is InChI=1S/C11H16ClNO2/c1-8(13)10-7-9(12)3-4-11(10)15-6-5-14-2/h3-4,7-8H,5-6,13H2,1-2H3/t8-/m1/s1. The molecule has 1 aromatic rings. The average molecular weight is 230 g/mol. The van der Waals surface area contributed by atoms with Crippen LogP contribution < -0.4 is 10.5 Å². The first kappa shape index (κ1) is 12.3. The summed E-state index contributed by atoms with van der Waals surface area (Å²) in [6.45, 7) is 2.97. The van der Waals surface area contributed by atoms with Crippen molar-refractivity contribution in [3.63, 3.8) is 0 Å². The SMILES string of the molecule is COCCOc1ccc(Cl)cc1[C@@H](C)N. The second-order valence-corrected chi connectivity index (χ2v) is 3.75. The van der Waals surface area contributed by atoms with E-state index in [0.29, 0.717) is 18.2 Å². The van der Waals surface area contributed by atoms with Crippen molar-refractivity contribution in [1.82, 2.24) is 0 Å². The molecule has 0 saturated carbocycles. The summed E-state index contributed by atoms with van der Waals surface area (Å²) >= 11 is 5.89. The molecule has 0 aromatic heterocycles. The van der Waals surface area contributed by atoms with Gasteiger partial charge in [0.05, 0.1) is 6.61 Å². The van der Waals surface area contributed by atoms with Gasteiger partial charge in [0.1, 0.15) is 12.4 Å². The molecule has 1 atom stereocenters. The van der Waals surface area contributed by atoms with Gasteiger partial charge in [-0.25, -0.2) is 0 Å². The van der Waals surface area contributed by atoms with Gasteiger partial charge in [-0.05, 0) is 25.1 Å². The van der Waals surface area contributed by atoms with Gasteiger partial charge in [0, 0.05) is 23.7 Å². The van der Waals surface area contributed by atoms with Crippen LogP contribution in [0.1, 0.15) is 18.5 Å². The molecule has 15 heavy (non-hydrogen) atoms. The van der Waals surface area contributed by atoms with Crippen molar-refractivity contribution in [3.05, 3.63) is 28.8 Å². The molecule has 0 unspecified atom stereocenters. The van der Waals surface area contributed by atoms with Gasteiger partial charge >= 0.3 is 0 Å². The molecular weight excluding hydrogens is 214 g/mol. The van der Waals surface area contributed by atoms with Crippen LogP contribution in [-0.4, -0.2) is 20.3 Å². The Balaban J connectivity index is 2.77. The Kier molecular flexibility index (Phi) is 4.88. The maximum atomic E-state index is 5.89. The highest BCUT2D eigenvalue weighted by Gasteiger charge is 2.08. The smallest absolute Gasteiger partial charge is 0.124 e. The van der Waals surface area contributed by atoms with E-state index < -0.39 is 0 Å². The molecule has 0 amide bonds. The predicted octanol–water partition coefficient (Wildman–Crippen LogP) is 2.38. The van der Waals surface area contributed by atoms with Crippen LogP contribution in [0.15, 0.2) is 18.2 Å². The third-order valence-corrected chi connectivity index (χ3v) is 2.24. The van der Waals surface area contributed by atoms with Crippen molar-refractivity contribution in [3.8, 4) is 5.75 Å². The second-order valence-electron chi connectivity index (χ2n) is 3.31. The zero-order chi connectivity index (χ0) is 11.3. The Morgan fingerprint density at radius 1 is 1.40 bits per heavy atom. The lowest BCUT2D eigenvalue weighted by Gasteiger charge is -2.14. The van der Waals surface area contributed by atoms with E-state index >= 15 is 0 Å². The summed E-state index contributed by atoms with van der Waals surface area (Å²) in [6.07, 6.45) is 0. The number of methoxy groups -OCH3 is 1. The monoisotopic (exact) mass is 229 g/mol.